The minimum Gasteiger partial charge on any atom is -0.750 e. The van der Waals surface area contributed by atoms with Crippen molar-refractivity contribution >= 4 is 11.4 Å². The topological polar surface area (TPSA) is 61.4 Å². The fraction of sp³-hybridized carbons (Fsp3) is 1.00. The van der Waals surface area contributed by atoms with Crippen molar-refractivity contribution in [3.05, 3.63) is 0 Å². The third kappa shape index (κ3) is 6.03. The summed E-state index contributed by atoms with van der Waals surface area (Å²) in [6.07, 6.45) is 0. The molecule has 50 valence electrons. The van der Waals surface area contributed by atoms with Gasteiger partial charge >= 0.3 is 0 Å². The molecule has 4 nitrogen and oxygen atoms in total. The molecule has 0 fully saturated rings. The van der Waals surface area contributed by atoms with Crippen LogP contribution in [0, 0.1) is 0 Å². The number of hydrogen-bond donors (Lipinski definition) is 1. The summed E-state index contributed by atoms with van der Waals surface area (Å²) in [6, 6.07) is 0. The number of rotatable bonds is 4. The molecule has 0 bridgehead atoms. The van der Waals surface area contributed by atoms with Gasteiger partial charge in [0.15, 0.2) is 0 Å². The zero-order chi connectivity index (χ0) is 6.41. The smallest absolute Gasteiger partial charge is 0.0842 e. The van der Waals surface area contributed by atoms with Crippen molar-refractivity contribution < 1.29 is 12.9 Å². The van der Waals surface area contributed by atoms with Crippen LogP contribution in [0.2, 0.25) is 0 Å². The molecule has 1 unspecified atom stereocenters. The van der Waals surface area contributed by atoms with Crippen LogP contribution < -0.4 is 5.32 Å². The van der Waals surface area contributed by atoms with Crippen LogP contribution in [0.4, 0.5) is 0 Å². The zero-order valence-corrected chi connectivity index (χ0v) is 5.36. The van der Waals surface area contributed by atoms with E-state index in [0.717, 1.165) is 0 Å². The van der Waals surface area contributed by atoms with Gasteiger partial charge in [0.05, 0.1) is 18.0 Å². The van der Waals surface area contributed by atoms with Gasteiger partial charge in [-0.15, -0.1) is 0 Å². The van der Waals surface area contributed by atoms with Gasteiger partial charge in [0.1, 0.15) is 0 Å². The summed E-state index contributed by atoms with van der Waals surface area (Å²) in [6.45, 7) is 0.751. The molecule has 0 saturated heterocycles. The molecule has 1 N–H and O–H groups in total. The summed E-state index contributed by atoms with van der Waals surface area (Å²) in [5.74, 6) is 0. The van der Waals surface area contributed by atoms with E-state index < -0.39 is 11.4 Å². The predicted octanol–water partition coefficient (Wildman–Crippen LogP) is -0.984. The fourth-order valence-electron chi connectivity index (χ4n) is 0.212. The van der Waals surface area contributed by atoms with Crippen LogP contribution in [0.15, 0.2) is 0 Å². The standard InChI is InChI=1S/C3H9NO3S/c1-4-2-3-7-8(5)6/h4H,2-3H2,1H3,(H,5,6)/p-1. The lowest BCUT2D eigenvalue weighted by molar-refractivity contribution is 0.301. The Kier molecular flexibility index (Phi) is 5.19. The number of hydrogen-bond acceptors (Lipinski definition) is 4. The monoisotopic (exact) mass is 138 g/mol. The van der Waals surface area contributed by atoms with Gasteiger partial charge in [-0.25, -0.2) is 4.21 Å². The number of nitrogens with one attached hydrogen (secondary N) is 1. The third-order valence-corrected chi connectivity index (χ3v) is 0.891. The minimum atomic E-state index is -2.36. The van der Waals surface area contributed by atoms with E-state index in [1.54, 1.807) is 7.05 Å². The maximum absolute atomic E-state index is 9.62. The molecule has 8 heavy (non-hydrogen) atoms. The Balaban J connectivity index is 2.82. The van der Waals surface area contributed by atoms with Gasteiger partial charge in [0.2, 0.25) is 0 Å². The first-order valence-electron chi connectivity index (χ1n) is 2.14. The normalized spacial score (nSPS) is 13.8. The van der Waals surface area contributed by atoms with Gasteiger partial charge in [-0.1, -0.05) is 0 Å². The van der Waals surface area contributed by atoms with Crippen LogP contribution in [0.1, 0.15) is 0 Å². The Labute approximate surface area is 50.7 Å². The largest absolute Gasteiger partial charge is 0.750 e. The van der Waals surface area contributed by atoms with Crippen molar-refractivity contribution in [1.29, 1.82) is 0 Å². The van der Waals surface area contributed by atoms with Crippen LogP contribution in [0.5, 0.6) is 0 Å². The highest BCUT2D eigenvalue weighted by molar-refractivity contribution is 7.74. The van der Waals surface area contributed by atoms with Gasteiger partial charge < -0.3 is 9.87 Å². The van der Waals surface area contributed by atoms with Crippen LogP contribution in [0.25, 0.3) is 0 Å². The van der Waals surface area contributed by atoms with Crippen LogP contribution in [0.3, 0.4) is 0 Å². The second-order valence-electron chi connectivity index (χ2n) is 1.13. The second-order valence-corrected chi connectivity index (χ2v) is 1.77. The molecule has 0 aliphatic rings. The van der Waals surface area contributed by atoms with Crippen LogP contribution >= 0.6 is 0 Å². The molecule has 0 amide bonds. The van der Waals surface area contributed by atoms with Crippen LogP contribution in [-0.2, 0) is 15.5 Å². The van der Waals surface area contributed by atoms with Gasteiger partial charge in [0.25, 0.3) is 0 Å². The summed E-state index contributed by atoms with van der Waals surface area (Å²) in [5.41, 5.74) is 0. The lowest BCUT2D eigenvalue weighted by Crippen LogP contribution is -2.14. The molecule has 0 rings (SSSR count). The van der Waals surface area contributed by atoms with E-state index in [1.807, 2.05) is 0 Å². The summed E-state index contributed by atoms with van der Waals surface area (Å²) < 4.78 is 23.4. The molecule has 0 radical (unpaired) electrons. The van der Waals surface area contributed by atoms with Crippen molar-refractivity contribution in [3.63, 3.8) is 0 Å². The fourth-order valence-corrected chi connectivity index (χ4v) is 0.431. The van der Waals surface area contributed by atoms with E-state index in [9.17, 15) is 8.76 Å². The van der Waals surface area contributed by atoms with Crippen molar-refractivity contribution in [2.75, 3.05) is 20.2 Å². The molecule has 0 aliphatic carbocycles. The van der Waals surface area contributed by atoms with Crippen molar-refractivity contribution in [2.24, 2.45) is 0 Å². The molecule has 0 aromatic heterocycles. The average Bonchev–Trinajstić information content (AvgIpc) is 1.66. The first kappa shape index (κ1) is 8.03. The van der Waals surface area contributed by atoms with Gasteiger partial charge in [-0.2, -0.15) is 0 Å². The van der Waals surface area contributed by atoms with E-state index in [4.69, 9.17) is 0 Å². The molecule has 0 saturated carbocycles. The maximum Gasteiger partial charge on any atom is 0.0842 e. The van der Waals surface area contributed by atoms with E-state index in [-0.39, 0.29) is 6.61 Å². The summed E-state index contributed by atoms with van der Waals surface area (Å²) in [4.78, 5) is 0. The number of likely N-dealkylation sites (N-methyl/N-ethyl adjacent to an activating group) is 1. The van der Waals surface area contributed by atoms with E-state index in [2.05, 4.69) is 9.50 Å². The van der Waals surface area contributed by atoms with Gasteiger partial charge in [-0.05, 0) is 7.05 Å². The molecule has 1 atom stereocenters. The molecule has 0 spiro atoms. The highest BCUT2D eigenvalue weighted by Crippen LogP contribution is 1.74. The maximum atomic E-state index is 9.62. The van der Waals surface area contributed by atoms with Crippen molar-refractivity contribution in [1.82, 2.24) is 5.32 Å². The van der Waals surface area contributed by atoms with Gasteiger partial charge in [-0.3, -0.25) is 4.18 Å². The molecule has 5 heteroatoms. The lowest BCUT2D eigenvalue weighted by Gasteiger charge is -2.03. The molecule has 0 aromatic carbocycles. The average molecular weight is 138 g/mol. The highest BCUT2D eigenvalue weighted by atomic mass is 32.2. The molecule has 0 heterocycles. The summed E-state index contributed by atoms with van der Waals surface area (Å²) in [5, 5.41) is 2.72. The molecular formula is C3H8NO3S-. The van der Waals surface area contributed by atoms with Crippen LogP contribution in [-0.4, -0.2) is 29.0 Å². The first-order valence-corrected chi connectivity index (χ1v) is 3.14. The molecular weight excluding hydrogens is 130 g/mol. The minimum absolute atomic E-state index is 0.201. The Hall–Kier alpha value is 0.0300. The first-order chi connectivity index (χ1) is 3.77. The summed E-state index contributed by atoms with van der Waals surface area (Å²) in [7, 11) is 1.72. The Bertz CT molecular complexity index is 76.9. The SMILES string of the molecule is CNCCOS(=O)[O-]. The van der Waals surface area contributed by atoms with Gasteiger partial charge in [0, 0.05) is 6.54 Å². The van der Waals surface area contributed by atoms with Crippen molar-refractivity contribution in [2.45, 2.75) is 0 Å². The van der Waals surface area contributed by atoms with E-state index >= 15 is 0 Å². The second kappa shape index (κ2) is 5.17. The Morgan fingerprint density at radius 1 is 1.88 bits per heavy atom. The zero-order valence-electron chi connectivity index (χ0n) is 4.55. The highest BCUT2D eigenvalue weighted by Gasteiger charge is 1.80. The molecule has 0 aliphatic heterocycles. The lowest BCUT2D eigenvalue weighted by atomic mass is 10.7. The van der Waals surface area contributed by atoms with Crippen molar-refractivity contribution in [3.8, 4) is 0 Å². The predicted molar refractivity (Wildman–Crippen MR) is 28.8 cm³/mol. The Morgan fingerprint density at radius 3 is 2.88 bits per heavy atom. The summed E-state index contributed by atoms with van der Waals surface area (Å²) >= 11 is -2.36. The van der Waals surface area contributed by atoms with E-state index in [0.29, 0.717) is 6.54 Å². The Morgan fingerprint density at radius 2 is 2.50 bits per heavy atom. The van der Waals surface area contributed by atoms with E-state index in [1.165, 1.54) is 0 Å². The molecule has 0 aromatic rings. The quantitative estimate of drug-likeness (QED) is 0.400. The third-order valence-electron chi connectivity index (χ3n) is 0.532.